The van der Waals surface area contributed by atoms with Gasteiger partial charge in [-0.2, -0.15) is 0 Å². The number of thiazole rings is 1. The van der Waals surface area contributed by atoms with Gasteiger partial charge in [0.05, 0.1) is 12.3 Å². The Kier molecular flexibility index (Phi) is 7.06. The number of nitrogens with zero attached hydrogens (tertiary/aromatic N) is 3. The van der Waals surface area contributed by atoms with E-state index >= 15 is 0 Å². The molecule has 31 heavy (non-hydrogen) atoms. The fraction of sp³-hybridized carbons (Fsp3) is 0.522. The predicted molar refractivity (Wildman–Crippen MR) is 122 cm³/mol. The molecule has 0 saturated carbocycles. The molecule has 0 bridgehead atoms. The van der Waals surface area contributed by atoms with E-state index in [0.29, 0.717) is 37.7 Å². The van der Waals surface area contributed by atoms with Crippen molar-refractivity contribution < 1.29 is 14.3 Å². The van der Waals surface area contributed by atoms with E-state index in [1.807, 2.05) is 39.4 Å². The van der Waals surface area contributed by atoms with Gasteiger partial charge in [-0.25, -0.2) is 9.78 Å². The Bertz CT molecular complexity index is 884. The van der Waals surface area contributed by atoms with Crippen molar-refractivity contribution in [1.82, 2.24) is 14.8 Å². The first-order valence-corrected chi connectivity index (χ1v) is 12.1. The zero-order valence-electron chi connectivity index (χ0n) is 18.0. The standard InChI is InChI=1S/C23H30N4O3S/c1-2-15-30-19-7-5-17(6-8-19)20-16-31-22(24-20)25-21(28)18-9-13-27(14-10-18)23(29)26-11-3-4-12-26/h5-8,16,18H,2-4,9-15H2,1H3,(H,24,25,28). The van der Waals surface area contributed by atoms with Crippen LogP contribution in [0.3, 0.4) is 0 Å². The van der Waals surface area contributed by atoms with Gasteiger partial charge in [-0.3, -0.25) is 4.79 Å². The lowest BCUT2D eigenvalue weighted by Crippen LogP contribution is -2.47. The quantitative estimate of drug-likeness (QED) is 0.716. The van der Waals surface area contributed by atoms with Crippen LogP contribution in [-0.4, -0.2) is 59.5 Å². The van der Waals surface area contributed by atoms with Crippen LogP contribution in [0.4, 0.5) is 9.93 Å². The van der Waals surface area contributed by atoms with Crippen LogP contribution in [0.5, 0.6) is 5.75 Å². The summed E-state index contributed by atoms with van der Waals surface area (Å²) >= 11 is 1.43. The minimum absolute atomic E-state index is 0.00233. The van der Waals surface area contributed by atoms with E-state index in [4.69, 9.17) is 4.74 Å². The maximum Gasteiger partial charge on any atom is 0.319 e. The molecule has 0 radical (unpaired) electrons. The molecule has 0 aliphatic carbocycles. The number of likely N-dealkylation sites (tertiary alicyclic amines) is 2. The van der Waals surface area contributed by atoms with Crippen molar-refractivity contribution in [2.24, 2.45) is 5.92 Å². The number of anilines is 1. The van der Waals surface area contributed by atoms with Crippen LogP contribution < -0.4 is 10.1 Å². The Labute approximate surface area is 187 Å². The van der Waals surface area contributed by atoms with E-state index in [1.54, 1.807) is 0 Å². The van der Waals surface area contributed by atoms with Crippen LogP contribution in [-0.2, 0) is 4.79 Å². The van der Waals surface area contributed by atoms with Crippen LogP contribution in [0.25, 0.3) is 11.3 Å². The Morgan fingerprint density at radius 3 is 2.45 bits per heavy atom. The largest absolute Gasteiger partial charge is 0.494 e. The monoisotopic (exact) mass is 442 g/mol. The maximum atomic E-state index is 12.7. The highest BCUT2D eigenvalue weighted by molar-refractivity contribution is 7.14. The molecular formula is C23H30N4O3S. The summed E-state index contributed by atoms with van der Waals surface area (Å²) in [4.78, 5) is 33.6. The summed E-state index contributed by atoms with van der Waals surface area (Å²) in [6.07, 6.45) is 4.56. The zero-order valence-corrected chi connectivity index (χ0v) is 18.8. The topological polar surface area (TPSA) is 74.8 Å². The van der Waals surface area contributed by atoms with E-state index in [9.17, 15) is 9.59 Å². The predicted octanol–water partition coefficient (Wildman–Crippen LogP) is 4.47. The van der Waals surface area contributed by atoms with E-state index in [-0.39, 0.29) is 17.9 Å². The van der Waals surface area contributed by atoms with Crippen molar-refractivity contribution in [2.75, 3.05) is 38.1 Å². The molecule has 1 N–H and O–H groups in total. The molecular weight excluding hydrogens is 412 g/mol. The lowest BCUT2D eigenvalue weighted by molar-refractivity contribution is -0.121. The Morgan fingerprint density at radius 1 is 1.10 bits per heavy atom. The molecule has 0 unspecified atom stereocenters. The molecule has 3 heterocycles. The van der Waals surface area contributed by atoms with Gasteiger partial charge in [0.15, 0.2) is 5.13 Å². The number of nitrogens with one attached hydrogen (secondary N) is 1. The van der Waals surface area contributed by atoms with Crippen LogP contribution >= 0.6 is 11.3 Å². The number of aromatic nitrogens is 1. The Morgan fingerprint density at radius 2 is 1.77 bits per heavy atom. The summed E-state index contributed by atoms with van der Waals surface area (Å²) in [5.74, 6) is 0.770. The summed E-state index contributed by atoms with van der Waals surface area (Å²) in [6, 6.07) is 7.99. The van der Waals surface area contributed by atoms with E-state index in [2.05, 4.69) is 17.2 Å². The van der Waals surface area contributed by atoms with Gasteiger partial charge in [0.2, 0.25) is 5.91 Å². The molecule has 0 atom stereocenters. The third-order valence-corrected chi connectivity index (χ3v) is 6.63. The van der Waals surface area contributed by atoms with Crippen LogP contribution in [0.15, 0.2) is 29.6 Å². The third kappa shape index (κ3) is 5.36. The van der Waals surface area contributed by atoms with Gasteiger partial charge in [0.1, 0.15) is 5.75 Å². The number of piperidine rings is 1. The number of benzene rings is 1. The smallest absolute Gasteiger partial charge is 0.319 e. The highest BCUT2D eigenvalue weighted by Crippen LogP contribution is 2.28. The zero-order chi connectivity index (χ0) is 21.6. The maximum absolute atomic E-state index is 12.7. The first kappa shape index (κ1) is 21.6. The molecule has 166 valence electrons. The lowest BCUT2D eigenvalue weighted by Gasteiger charge is -2.33. The number of carbonyl (C=O) groups excluding carboxylic acids is 2. The van der Waals surface area contributed by atoms with Crippen molar-refractivity contribution in [2.45, 2.75) is 39.0 Å². The fourth-order valence-electron chi connectivity index (χ4n) is 4.05. The fourth-order valence-corrected chi connectivity index (χ4v) is 4.78. The summed E-state index contributed by atoms with van der Waals surface area (Å²) in [5.41, 5.74) is 1.84. The molecule has 8 heteroatoms. The van der Waals surface area contributed by atoms with Crippen molar-refractivity contribution in [3.63, 3.8) is 0 Å². The molecule has 0 spiro atoms. The first-order chi connectivity index (χ1) is 15.1. The number of ether oxygens (including phenoxy) is 1. The van der Waals surface area contributed by atoms with Crippen LogP contribution in [0.2, 0.25) is 0 Å². The van der Waals surface area contributed by atoms with Crippen molar-refractivity contribution in [1.29, 1.82) is 0 Å². The molecule has 1 aromatic carbocycles. The number of urea groups is 1. The average molecular weight is 443 g/mol. The van der Waals surface area contributed by atoms with Crippen molar-refractivity contribution >= 4 is 28.4 Å². The Balaban J connectivity index is 1.28. The minimum Gasteiger partial charge on any atom is -0.494 e. The summed E-state index contributed by atoms with van der Waals surface area (Å²) in [7, 11) is 0. The molecule has 2 aliphatic heterocycles. The highest BCUT2D eigenvalue weighted by atomic mass is 32.1. The van der Waals surface area contributed by atoms with Gasteiger partial charge in [-0.15, -0.1) is 11.3 Å². The summed E-state index contributed by atoms with van der Waals surface area (Å²) in [6.45, 7) is 5.79. The van der Waals surface area contributed by atoms with E-state index in [1.165, 1.54) is 11.3 Å². The van der Waals surface area contributed by atoms with Crippen molar-refractivity contribution in [3.05, 3.63) is 29.6 Å². The molecule has 1 aromatic heterocycles. The molecule has 7 nitrogen and oxygen atoms in total. The first-order valence-electron chi connectivity index (χ1n) is 11.2. The number of hydrogen-bond donors (Lipinski definition) is 1. The van der Waals surface area contributed by atoms with Gasteiger partial charge in [0, 0.05) is 43.0 Å². The van der Waals surface area contributed by atoms with E-state index < -0.39 is 0 Å². The highest BCUT2D eigenvalue weighted by Gasteiger charge is 2.30. The molecule has 2 aromatic rings. The summed E-state index contributed by atoms with van der Waals surface area (Å²) < 4.78 is 5.62. The van der Waals surface area contributed by atoms with Gasteiger partial charge in [-0.05, 0) is 56.4 Å². The molecule has 3 amide bonds. The minimum atomic E-state index is -0.0787. The molecule has 2 saturated heterocycles. The van der Waals surface area contributed by atoms with Gasteiger partial charge >= 0.3 is 6.03 Å². The normalized spacial score (nSPS) is 17.1. The third-order valence-electron chi connectivity index (χ3n) is 5.87. The SMILES string of the molecule is CCCOc1ccc(-c2csc(NC(=O)C3CCN(C(=O)N4CCCC4)CC3)n2)cc1. The van der Waals surface area contributed by atoms with Crippen molar-refractivity contribution in [3.8, 4) is 17.0 Å². The lowest BCUT2D eigenvalue weighted by atomic mass is 9.96. The average Bonchev–Trinajstić information content (AvgIpc) is 3.50. The van der Waals surface area contributed by atoms with Gasteiger partial charge < -0.3 is 19.9 Å². The number of rotatable bonds is 6. The number of hydrogen-bond acceptors (Lipinski definition) is 5. The van der Waals surface area contributed by atoms with Crippen LogP contribution in [0.1, 0.15) is 39.0 Å². The second-order valence-corrected chi connectivity index (χ2v) is 9.00. The second-order valence-electron chi connectivity index (χ2n) is 8.14. The molecule has 4 rings (SSSR count). The number of amides is 3. The molecule has 2 aliphatic rings. The van der Waals surface area contributed by atoms with E-state index in [0.717, 1.165) is 49.4 Å². The second kappa shape index (κ2) is 10.1. The Hall–Kier alpha value is -2.61. The van der Waals surface area contributed by atoms with Gasteiger partial charge in [0.25, 0.3) is 0 Å². The van der Waals surface area contributed by atoms with Crippen LogP contribution in [0, 0.1) is 5.92 Å². The number of carbonyl (C=O) groups is 2. The summed E-state index contributed by atoms with van der Waals surface area (Å²) in [5, 5.41) is 5.54. The van der Waals surface area contributed by atoms with Gasteiger partial charge in [-0.1, -0.05) is 6.92 Å². The molecule has 2 fully saturated rings.